The number of rotatable bonds is 3. The lowest BCUT2D eigenvalue weighted by atomic mass is 9.82. The molecule has 0 bridgehead atoms. The van der Waals surface area contributed by atoms with Crippen LogP contribution >= 0.6 is 11.3 Å². The summed E-state index contributed by atoms with van der Waals surface area (Å²) < 4.78 is 9.14. The molecular formula is C32H31NOSSi. The molecule has 3 aromatic carbocycles. The second kappa shape index (κ2) is 8.15. The lowest BCUT2D eigenvalue weighted by Crippen LogP contribution is -2.51. The number of hydrogen-bond acceptors (Lipinski definition) is 3. The fourth-order valence-corrected chi connectivity index (χ4v) is 10.3. The number of fused-ring (bicyclic) bond motifs is 3. The number of nitrogens with zero attached hydrogens (tertiary/aromatic N) is 1. The van der Waals surface area contributed by atoms with E-state index in [2.05, 4.69) is 108 Å². The standard InChI is InChI=1S/C32H31NOSSi/c1-20-24-15-16-33-29(23-17-21-11-7-9-13-25(21)26(18-23)32(2,3)4)30(24)35-31(20)36(5,6)28-19-22-12-8-10-14-27(22)34-28/h7-19H,1-6H3. The van der Waals surface area contributed by atoms with E-state index in [-0.39, 0.29) is 5.41 Å². The van der Waals surface area contributed by atoms with Gasteiger partial charge in [0, 0.05) is 21.6 Å². The molecular weight excluding hydrogens is 475 g/mol. The molecule has 3 aromatic heterocycles. The maximum absolute atomic E-state index is 6.41. The molecule has 6 aromatic rings. The Bertz CT molecular complexity index is 1730. The van der Waals surface area contributed by atoms with E-state index in [1.165, 1.54) is 47.4 Å². The molecule has 0 aliphatic rings. The summed E-state index contributed by atoms with van der Waals surface area (Å²) in [6.07, 6.45) is 1.98. The molecule has 0 amide bonds. The van der Waals surface area contributed by atoms with E-state index in [0.29, 0.717) is 0 Å². The van der Waals surface area contributed by atoms with Gasteiger partial charge in [-0.1, -0.05) is 76.3 Å². The van der Waals surface area contributed by atoms with Crippen LogP contribution < -0.4 is 9.88 Å². The molecule has 180 valence electrons. The zero-order valence-corrected chi connectivity index (χ0v) is 23.6. The molecule has 0 unspecified atom stereocenters. The number of thiophene rings is 1. The van der Waals surface area contributed by atoms with Gasteiger partial charge < -0.3 is 4.42 Å². The summed E-state index contributed by atoms with van der Waals surface area (Å²) in [5.74, 6) is 0. The molecule has 0 saturated carbocycles. The summed E-state index contributed by atoms with van der Waals surface area (Å²) in [7, 11) is -2.05. The smallest absolute Gasteiger partial charge is 0.169 e. The van der Waals surface area contributed by atoms with Crippen LogP contribution in [-0.4, -0.2) is 13.1 Å². The second-order valence-corrected chi connectivity index (χ2v) is 17.0. The highest BCUT2D eigenvalue weighted by Gasteiger charge is 2.35. The van der Waals surface area contributed by atoms with Crippen LogP contribution in [0, 0.1) is 6.92 Å². The van der Waals surface area contributed by atoms with Gasteiger partial charge in [-0.3, -0.25) is 4.98 Å². The third-order valence-corrected chi connectivity index (χ3v) is 13.4. The molecule has 0 aliphatic heterocycles. The Labute approximate surface area is 217 Å². The van der Waals surface area contributed by atoms with Gasteiger partial charge in [0.25, 0.3) is 0 Å². The van der Waals surface area contributed by atoms with Gasteiger partial charge in [0.1, 0.15) is 5.58 Å². The summed E-state index contributed by atoms with van der Waals surface area (Å²) in [4.78, 5) is 4.95. The number of aryl methyl sites for hydroxylation is 1. The number of hydrogen-bond donors (Lipinski definition) is 0. The minimum Gasteiger partial charge on any atom is -0.466 e. The second-order valence-electron chi connectivity index (χ2n) is 11.4. The van der Waals surface area contributed by atoms with E-state index in [1.54, 1.807) is 0 Å². The van der Waals surface area contributed by atoms with Gasteiger partial charge in [0.05, 0.1) is 15.8 Å². The van der Waals surface area contributed by atoms with Gasteiger partial charge in [0.15, 0.2) is 8.07 Å². The normalized spacial score (nSPS) is 12.7. The first-order valence-corrected chi connectivity index (χ1v) is 16.4. The third kappa shape index (κ3) is 3.63. The molecule has 3 heterocycles. The summed E-state index contributed by atoms with van der Waals surface area (Å²) in [5, 5.41) is 6.21. The zero-order chi connectivity index (χ0) is 25.2. The monoisotopic (exact) mass is 505 g/mol. The topological polar surface area (TPSA) is 26.0 Å². The lowest BCUT2D eigenvalue weighted by Gasteiger charge is -2.22. The number of aromatic nitrogens is 1. The van der Waals surface area contributed by atoms with Crippen molar-refractivity contribution in [2.75, 3.05) is 0 Å². The SMILES string of the molecule is Cc1c([Si](C)(C)c2cc3ccccc3o2)sc2c(-c3cc(C(C)(C)C)c4ccccc4c3)nccc12. The lowest BCUT2D eigenvalue weighted by molar-refractivity contribution is 0.596. The van der Waals surface area contributed by atoms with E-state index < -0.39 is 8.07 Å². The van der Waals surface area contributed by atoms with Gasteiger partial charge in [-0.25, -0.2) is 0 Å². The first-order valence-electron chi connectivity index (χ1n) is 12.6. The molecule has 6 rings (SSSR count). The van der Waals surface area contributed by atoms with Crippen LogP contribution in [0.25, 0.3) is 43.1 Å². The number of furan rings is 1. The van der Waals surface area contributed by atoms with Crippen LogP contribution in [0.1, 0.15) is 31.9 Å². The Morgan fingerprint density at radius 3 is 2.31 bits per heavy atom. The van der Waals surface area contributed by atoms with Crippen LogP contribution in [0.15, 0.2) is 83.4 Å². The van der Waals surface area contributed by atoms with Crippen LogP contribution in [0.3, 0.4) is 0 Å². The van der Waals surface area contributed by atoms with Crippen molar-refractivity contribution in [1.29, 1.82) is 0 Å². The Balaban J connectivity index is 1.56. The van der Waals surface area contributed by atoms with Crippen molar-refractivity contribution in [3.8, 4) is 11.3 Å². The van der Waals surface area contributed by atoms with Gasteiger partial charge in [-0.05, 0) is 70.0 Å². The largest absolute Gasteiger partial charge is 0.466 e. The fourth-order valence-electron chi connectivity index (χ4n) is 5.42. The predicted molar refractivity (Wildman–Crippen MR) is 159 cm³/mol. The average molecular weight is 506 g/mol. The highest BCUT2D eigenvalue weighted by atomic mass is 32.1. The van der Waals surface area contributed by atoms with Crippen LogP contribution in [0.5, 0.6) is 0 Å². The minimum absolute atomic E-state index is 0.0379. The maximum atomic E-state index is 6.41. The predicted octanol–water partition coefficient (Wildman–Crippen LogP) is 8.29. The van der Waals surface area contributed by atoms with Gasteiger partial charge in [0.2, 0.25) is 0 Å². The quantitative estimate of drug-likeness (QED) is 0.226. The van der Waals surface area contributed by atoms with E-state index in [0.717, 1.165) is 16.7 Å². The highest BCUT2D eigenvalue weighted by molar-refractivity contribution is 7.34. The molecule has 0 fully saturated rings. The van der Waals surface area contributed by atoms with E-state index in [4.69, 9.17) is 9.40 Å². The van der Waals surface area contributed by atoms with Crippen molar-refractivity contribution >= 4 is 61.1 Å². The molecule has 0 aliphatic carbocycles. The first kappa shape index (κ1) is 23.2. The fraction of sp³-hybridized carbons (Fsp3) is 0.219. The molecule has 4 heteroatoms. The van der Waals surface area contributed by atoms with Crippen LogP contribution in [0.2, 0.25) is 13.1 Å². The molecule has 0 atom stereocenters. The van der Waals surface area contributed by atoms with Gasteiger partial charge in [-0.15, -0.1) is 11.3 Å². The van der Waals surface area contributed by atoms with Gasteiger partial charge in [-0.2, -0.15) is 0 Å². The summed E-state index contributed by atoms with van der Waals surface area (Å²) in [6, 6.07) is 26.2. The van der Waals surface area contributed by atoms with Crippen molar-refractivity contribution in [3.05, 3.63) is 90.1 Å². The summed E-state index contributed by atoms with van der Waals surface area (Å²) in [6.45, 7) is 14.0. The Morgan fingerprint density at radius 2 is 1.56 bits per heavy atom. The number of pyridine rings is 1. The van der Waals surface area contributed by atoms with Crippen molar-refractivity contribution in [2.24, 2.45) is 0 Å². The van der Waals surface area contributed by atoms with E-state index in [1.807, 2.05) is 23.6 Å². The summed E-state index contributed by atoms with van der Waals surface area (Å²) in [5.41, 5.74) is 6.02. The van der Waals surface area contributed by atoms with Crippen molar-refractivity contribution in [2.45, 2.75) is 46.2 Å². The zero-order valence-electron chi connectivity index (χ0n) is 21.8. The summed E-state index contributed by atoms with van der Waals surface area (Å²) >= 11 is 1.92. The third-order valence-electron chi connectivity index (χ3n) is 7.41. The average Bonchev–Trinajstić information content (AvgIpc) is 3.45. The Hall–Kier alpha value is -3.21. The van der Waals surface area contributed by atoms with Crippen LogP contribution in [0.4, 0.5) is 0 Å². The van der Waals surface area contributed by atoms with Crippen LogP contribution in [-0.2, 0) is 5.41 Å². The Kier molecular flexibility index (Phi) is 5.25. The molecule has 0 radical (unpaired) electrons. The van der Waals surface area contributed by atoms with Crippen molar-refractivity contribution in [3.63, 3.8) is 0 Å². The molecule has 0 spiro atoms. The number of benzene rings is 3. The minimum atomic E-state index is -2.05. The Morgan fingerprint density at radius 1 is 0.833 bits per heavy atom. The molecule has 0 N–H and O–H groups in total. The van der Waals surface area contributed by atoms with Crippen molar-refractivity contribution < 1.29 is 4.42 Å². The molecule has 0 saturated heterocycles. The highest BCUT2D eigenvalue weighted by Crippen LogP contribution is 2.38. The van der Waals surface area contributed by atoms with Crippen molar-refractivity contribution in [1.82, 2.24) is 4.98 Å². The maximum Gasteiger partial charge on any atom is 0.169 e. The first-order chi connectivity index (χ1) is 17.1. The molecule has 36 heavy (non-hydrogen) atoms. The van der Waals surface area contributed by atoms with E-state index >= 15 is 0 Å². The number of para-hydroxylation sites is 1. The molecule has 2 nitrogen and oxygen atoms in total. The van der Waals surface area contributed by atoms with E-state index in [9.17, 15) is 0 Å². The van der Waals surface area contributed by atoms with Gasteiger partial charge >= 0.3 is 0 Å².